The van der Waals surface area contributed by atoms with Crippen LogP contribution in [0, 0.1) is 22.7 Å². The number of H-pyrrole nitrogens is 1. The molecule has 0 fully saturated rings. The molecule has 0 aliphatic heterocycles. The molecule has 0 spiro atoms. The molecule has 0 amide bonds. The highest BCUT2D eigenvalue weighted by molar-refractivity contribution is 6.46. The van der Waals surface area contributed by atoms with E-state index in [1.807, 2.05) is 55.4 Å². The SMILES string of the molecule is CN(C)c1cccc(Nc2ccc(Nc3c(Cl)c(Cl)c(C#N)c(Cl)c3C#N)c3nc[nH]c(=O)c23)c1. The molecule has 0 unspecified atom stereocenters. The van der Waals surface area contributed by atoms with Crippen LogP contribution in [-0.4, -0.2) is 24.1 Å². The molecule has 0 aliphatic rings. The van der Waals surface area contributed by atoms with Gasteiger partial charge in [0, 0.05) is 25.5 Å². The van der Waals surface area contributed by atoms with Crippen molar-refractivity contribution in [3.8, 4) is 12.1 Å². The van der Waals surface area contributed by atoms with Crippen LogP contribution in [0.1, 0.15) is 11.1 Å². The van der Waals surface area contributed by atoms with Crippen LogP contribution < -0.4 is 21.1 Å². The fourth-order valence-corrected chi connectivity index (χ4v) is 4.31. The van der Waals surface area contributed by atoms with Crippen LogP contribution in [0.3, 0.4) is 0 Å². The van der Waals surface area contributed by atoms with E-state index < -0.39 is 0 Å². The number of halogens is 3. The summed E-state index contributed by atoms with van der Waals surface area (Å²) in [4.78, 5) is 21.7. The molecule has 3 N–H and O–H groups in total. The number of fused-ring (bicyclic) bond motifs is 1. The number of rotatable bonds is 5. The Balaban J connectivity index is 1.86. The molecule has 0 atom stereocenters. The summed E-state index contributed by atoms with van der Waals surface area (Å²) in [6.07, 6.45) is 1.28. The van der Waals surface area contributed by atoms with Crippen molar-refractivity contribution < 1.29 is 0 Å². The van der Waals surface area contributed by atoms with E-state index in [4.69, 9.17) is 34.8 Å². The van der Waals surface area contributed by atoms with Crippen molar-refractivity contribution >= 4 is 74.1 Å². The fraction of sp³-hybridized carbons (Fsp3) is 0.0833. The van der Waals surface area contributed by atoms with E-state index in [2.05, 4.69) is 20.6 Å². The van der Waals surface area contributed by atoms with Crippen molar-refractivity contribution in [2.24, 2.45) is 0 Å². The second-order valence-corrected chi connectivity index (χ2v) is 8.74. The summed E-state index contributed by atoms with van der Waals surface area (Å²) in [6.45, 7) is 0. The number of aromatic nitrogens is 2. The number of nitriles is 2. The predicted molar refractivity (Wildman–Crippen MR) is 141 cm³/mol. The first-order valence-electron chi connectivity index (χ1n) is 10.1. The maximum absolute atomic E-state index is 12.8. The molecule has 8 nitrogen and oxygen atoms in total. The van der Waals surface area contributed by atoms with Crippen LogP contribution in [0.2, 0.25) is 15.1 Å². The first-order chi connectivity index (χ1) is 16.8. The van der Waals surface area contributed by atoms with Crippen molar-refractivity contribution in [3.63, 3.8) is 0 Å². The standard InChI is InChI=1S/C24H16Cl3N7O/c1-34(2)13-5-3-4-12(8-13)32-16-6-7-17(23-18(16)24(35)31-11-30-23)33-22-15(10-29)19(25)14(9-28)20(26)21(22)27/h3-8,11,32-33H,1-2H3,(H,30,31,35). The number of nitrogens with one attached hydrogen (secondary N) is 3. The topological polar surface area (TPSA) is 121 Å². The van der Waals surface area contributed by atoms with Gasteiger partial charge in [0.2, 0.25) is 0 Å². The largest absolute Gasteiger partial charge is 0.378 e. The van der Waals surface area contributed by atoms with E-state index in [1.165, 1.54) is 6.33 Å². The number of hydrogen-bond acceptors (Lipinski definition) is 7. The normalized spacial score (nSPS) is 10.5. The van der Waals surface area contributed by atoms with Gasteiger partial charge in [0.05, 0.1) is 55.0 Å². The van der Waals surface area contributed by atoms with Gasteiger partial charge in [0.25, 0.3) is 5.56 Å². The maximum Gasteiger partial charge on any atom is 0.260 e. The highest BCUT2D eigenvalue weighted by atomic mass is 35.5. The van der Waals surface area contributed by atoms with Crippen LogP contribution >= 0.6 is 34.8 Å². The summed E-state index contributed by atoms with van der Waals surface area (Å²) >= 11 is 18.8. The average Bonchev–Trinajstić information content (AvgIpc) is 2.84. The van der Waals surface area contributed by atoms with Gasteiger partial charge in [-0.25, -0.2) is 4.98 Å². The molecule has 0 radical (unpaired) electrons. The minimum Gasteiger partial charge on any atom is -0.378 e. The van der Waals surface area contributed by atoms with Crippen molar-refractivity contribution in [2.45, 2.75) is 0 Å². The third-order valence-corrected chi connectivity index (χ3v) is 6.47. The highest BCUT2D eigenvalue weighted by Crippen LogP contribution is 2.43. The minimum atomic E-state index is -0.368. The van der Waals surface area contributed by atoms with Crippen LogP contribution in [0.15, 0.2) is 47.5 Å². The molecule has 0 saturated carbocycles. The summed E-state index contributed by atoms with van der Waals surface area (Å²) in [5.74, 6) is 0. The van der Waals surface area contributed by atoms with E-state index in [9.17, 15) is 15.3 Å². The first kappa shape index (κ1) is 24.2. The van der Waals surface area contributed by atoms with E-state index in [0.29, 0.717) is 16.9 Å². The number of hydrogen-bond donors (Lipinski definition) is 3. The Bertz CT molecular complexity index is 1620. The van der Waals surface area contributed by atoms with Crippen LogP contribution in [-0.2, 0) is 0 Å². The lowest BCUT2D eigenvalue weighted by Crippen LogP contribution is -2.11. The highest BCUT2D eigenvalue weighted by Gasteiger charge is 2.23. The van der Waals surface area contributed by atoms with Gasteiger partial charge in [0.1, 0.15) is 17.7 Å². The van der Waals surface area contributed by atoms with E-state index >= 15 is 0 Å². The summed E-state index contributed by atoms with van der Waals surface area (Å²) < 4.78 is 0. The second-order valence-electron chi connectivity index (χ2n) is 7.60. The number of aromatic amines is 1. The predicted octanol–water partition coefficient (Wildman–Crippen LogP) is 6.18. The Morgan fingerprint density at radius 1 is 0.943 bits per heavy atom. The van der Waals surface area contributed by atoms with Gasteiger partial charge in [-0.1, -0.05) is 40.9 Å². The molecule has 0 bridgehead atoms. The second kappa shape index (κ2) is 9.73. The molecule has 0 aliphatic carbocycles. The summed E-state index contributed by atoms with van der Waals surface area (Å²) in [7, 11) is 3.87. The number of nitrogens with zero attached hydrogens (tertiary/aromatic N) is 4. The van der Waals surface area contributed by atoms with Gasteiger partial charge in [-0.3, -0.25) is 4.79 Å². The van der Waals surface area contributed by atoms with Crippen LogP contribution in [0.25, 0.3) is 10.9 Å². The zero-order chi connectivity index (χ0) is 25.3. The van der Waals surface area contributed by atoms with Crippen molar-refractivity contribution in [3.05, 3.63) is 79.3 Å². The smallest absolute Gasteiger partial charge is 0.260 e. The Morgan fingerprint density at radius 3 is 2.34 bits per heavy atom. The Morgan fingerprint density at radius 2 is 1.66 bits per heavy atom. The lowest BCUT2D eigenvalue weighted by atomic mass is 10.1. The zero-order valence-electron chi connectivity index (χ0n) is 18.4. The Kier molecular flexibility index (Phi) is 6.72. The number of benzene rings is 3. The quantitative estimate of drug-likeness (QED) is 0.267. The lowest BCUT2D eigenvalue weighted by molar-refractivity contribution is 1.13. The molecular weight excluding hydrogens is 509 g/mol. The minimum absolute atomic E-state index is 0.0511. The molecule has 174 valence electrons. The summed E-state index contributed by atoms with van der Waals surface area (Å²) in [6, 6.07) is 14.9. The average molecular weight is 525 g/mol. The van der Waals surface area contributed by atoms with E-state index in [-0.39, 0.29) is 42.8 Å². The van der Waals surface area contributed by atoms with Gasteiger partial charge in [-0.2, -0.15) is 10.5 Å². The van der Waals surface area contributed by atoms with Gasteiger partial charge in [-0.15, -0.1) is 0 Å². The van der Waals surface area contributed by atoms with Crippen molar-refractivity contribution in [1.29, 1.82) is 10.5 Å². The third-order valence-electron chi connectivity index (χ3n) is 5.24. The Labute approximate surface area is 215 Å². The van der Waals surface area contributed by atoms with Crippen molar-refractivity contribution in [2.75, 3.05) is 29.6 Å². The third kappa shape index (κ3) is 4.43. The van der Waals surface area contributed by atoms with E-state index in [1.54, 1.807) is 12.1 Å². The molecule has 35 heavy (non-hydrogen) atoms. The monoisotopic (exact) mass is 523 g/mol. The number of anilines is 5. The molecule has 3 aromatic carbocycles. The molecule has 1 heterocycles. The summed E-state index contributed by atoms with van der Waals surface area (Å²) in [5.41, 5.74) is 2.57. The lowest BCUT2D eigenvalue weighted by Gasteiger charge is -2.17. The van der Waals surface area contributed by atoms with Crippen molar-refractivity contribution in [1.82, 2.24) is 9.97 Å². The molecule has 0 saturated heterocycles. The molecular formula is C24H16Cl3N7O. The van der Waals surface area contributed by atoms with E-state index in [0.717, 1.165) is 11.4 Å². The first-order valence-corrected chi connectivity index (χ1v) is 11.2. The van der Waals surface area contributed by atoms with Crippen LogP contribution in [0.4, 0.5) is 28.4 Å². The van der Waals surface area contributed by atoms with Crippen LogP contribution in [0.5, 0.6) is 0 Å². The maximum atomic E-state index is 12.8. The fourth-order valence-electron chi connectivity index (χ4n) is 3.52. The zero-order valence-corrected chi connectivity index (χ0v) is 20.6. The molecule has 11 heteroatoms. The van der Waals surface area contributed by atoms with Gasteiger partial charge in [0.15, 0.2) is 0 Å². The molecule has 4 aromatic rings. The molecule has 1 aromatic heterocycles. The molecule has 4 rings (SSSR count). The van der Waals surface area contributed by atoms with Gasteiger partial charge < -0.3 is 20.5 Å². The van der Waals surface area contributed by atoms with Gasteiger partial charge in [-0.05, 0) is 30.3 Å². The summed E-state index contributed by atoms with van der Waals surface area (Å²) in [5, 5.41) is 25.3. The van der Waals surface area contributed by atoms with Gasteiger partial charge >= 0.3 is 0 Å². The Hall–Kier alpha value is -3.95.